The van der Waals surface area contributed by atoms with Gasteiger partial charge in [0, 0.05) is 23.3 Å². The Hall–Kier alpha value is -1.82. The monoisotopic (exact) mass is 366 g/mol. The highest BCUT2D eigenvalue weighted by Crippen LogP contribution is 2.16. The minimum absolute atomic E-state index is 0.342. The first-order chi connectivity index (χ1) is 10.6. The number of benzene rings is 1. The van der Waals surface area contributed by atoms with Crippen molar-refractivity contribution in [3.63, 3.8) is 0 Å². The Morgan fingerprint density at radius 3 is 2.45 bits per heavy atom. The average Bonchev–Trinajstić information content (AvgIpc) is 2.50. The average molecular weight is 367 g/mol. The van der Waals surface area contributed by atoms with Crippen LogP contribution >= 0.6 is 15.9 Å². The minimum atomic E-state index is -0.355. The van der Waals surface area contributed by atoms with E-state index >= 15 is 0 Å². The molecular weight excluding hydrogens is 348 g/mol. The van der Waals surface area contributed by atoms with Gasteiger partial charge in [0.25, 0.3) is 5.56 Å². The van der Waals surface area contributed by atoms with Crippen LogP contribution in [0.1, 0.15) is 25.7 Å². The molecule has 0 radical (unpaired) electrons. The number of aryl methyl sites for hydroxylation is 1. The molecule has 0 aliphatic rings. The zero-order valence-corrected chi connectivity index (χ0v) is 13.8. The molecule has 0 aliphatic carbocycles. The van der Waals surface area contributed by atoms with E-state index in [1.54, 1.807) is 0 Å². The van der Waals surface area contributed by atoms with Gasteiger partial charge in [-0.05, 0) is 37.1 Å². The predicted octanol–water partition coefficient (Wildman–Crippen LogP) is 2.94. The van der Waals surface area contributed by atoms with Crippen LogP contribution in [0.2, 0.25) is 0 Å². The lowest BCUT2D eigenvalue weighted by atomic mass is 10.2. The maximum atomic E-state index is 11.5. The van der Waals surface area contributed by atoms with Crippen molar-refractivity contribution in [2.24, 2.45) is 0 Å². The fraction of sp³-hybridized carbons (Fsp3) is 0.375. The number of H-pyrrole nitrogens is 1. The fourth-order valence-electron chi connectivity index (χ4n) is 2.08. The molecule has 0 spiro atoms. The molecule has 1 aromatic carbocycles. The molecule has 1 aromatic heterocycles. The Morgan fingerprint density at radius 1 is 1.00 bits per heavy atom. The second-order valence-corrected chi connectivity index (χ2v) is 5.94. The van der Waals surface area contributed by atoms with Crippen LogP contribution in [0.4, 0.5) is 0 Å². The van der Waals surface area contributed by atoms with Crippen LogP contribution < -0.4 is 16.0 Å². The molecule has 2 aromatic rings. The van der Waals surface area contributed by atoms with Crippen molar-refractivity contribution in [1.82, 2.24) is 9.55 Å². The van der Waals surface area contributed by atoms with Crippen LogP contribution in [0.15, 0.2) is 50.6 Å². The number of aromatic amines is 1. The zero-order chi connectivity index (χ0) is 15.8. The molecule has 22 heavy (non-hydrogen) atoms. The summed E-state index contributed by atoms with van der Waals surface area (Å²) in [5.41, 5.74) is -0.697. The Morgan fingerprint density at radius 2 is 1.73 bits per heavy atom. The largest absolute Gasteiger partial charge is 0.494 e. The first kappa shape index (κ1) is 16.5. The Bertz CT molecular complexity index is 692. The van der Waals surface area contributed by atoms with Crippen molar-refractivity contribution in [2.75, 3.05) is 6.61 Å². The Labute approximate surface area is 137 Å². The fourth-order valence-corrected chi connectivity index (χ4v) is 2.34. The van der Waals surface area contributed by atoms with E-state index in [9.17, 15) is 9.59 Å². The number of nitrogens with zero attached hydrogens (tertiary/aromatic N) is 1. The maximum absolute atomic E-state index is 11.5. The zero-order valence-electron chi connectivity index (χ0n) is 12.3. The lowest BCUT2D eigenvalue weighted by Crippen LogP contribution is -2.28. The van der Waals surface area contributed by atoms with Crippen molar-refractivity contribution < 1.29 is 4.74 Å². The summed E-state index contributed by atoms with van der Waals surface area (Å²) >= 11 is 3.38. The third-order valence-electron chi connectivity index (χ3n) is 3.27. The van der Waals surface area contributed by atoms with Gasteiger partial charge in [-0.2, -0.15) is 0 Å². The summed E-state index contributed by atoms with van der Waals surface area (Å²) in [7, 11) is 0. The first-order valence-electron chi connectivity index (χ1n) is 7.33. The number of rotatable bonds is 8. The van der Waals surface area contributed by atoms with Crippen LogP contribution in [0.5, 0.6) is 5.75 Å². The SMILES string of the molecule is O=c1ccn(CCCCCCOc2ccc(Br)cc2)c(=O)[nH]1. The van der Waals surface area contributed by atoms with E-state index in [0.29, 0.717) is 13.2 Å². The lowest BCUT2D eigenvalue weighted by molar-refractivity contribution is 0.304. The van der Waals surface area contributed by atoms with Crippen LogP contribution in [-0.4, -0.2) is 16.2 Å². The van der Waals surface area contributed by atoms with Gasteiger partial charge in [0.15, 0.2) is 0 Å². The first-order valence-corrected chi connectivity index (χ1v) is 8.12. The van der Waals surface area contributed by atoms with Gasteiger partial charge in [-0.25, -0.2) is 4.79 Å². The van der Waals surface area contributed by atoms with Crippen molar-refractivity contribution in [3.05, 3.63) is 61.8 Å². The standard InChI is InChI=1S/C16H19BrN2O3/c17-13-5-7-14(8-6-13)22-12-4-2-1-3-10-19-11-9-15(20)18-16(19)21/h5-9,11H,1-4,10,12H2,(H,18,20,21). The highest BCUT2D eigenvalue weighted by atomic mass is 79.9. The number of hydrogen-bond donors (Lipinski definition) is 1. The number of aromatic nitrogens is 2. The molecule has 0 saturated carbocycles. The summed E-state index contributed by atoms with van der Waals surface area (Å²) in [6.45, 7) is 1.32. The molecule has 0 unspecified atom stereocenters. The molecule has 0 aliphatic heterocycles. The number of halogens is 1. The Balaban J connectivity index is 1.58. The van der Waals surface area contributed by atoms with Gasteiger partial charge in [-0.1, -0.05) is 28.8 Å². The van der Waals surface area contributed by atoms with Gasteiger partial charge in [-0.3, -0.25) is 9.78 Å². The molecule has 0 fully saturated rings. The van der Waals surface area contributed by atoms with E-state index in [1.807, 2.05) is 24.3 Å². The number of ether oxygens (including phenoxy) is 1. The highest BCUT2D eigenvalue weighted by Gasteiger charge is 1.97. The van der Waals surface area contributed by atoms with Crippen LogP contribution in [-0.2, 0) is 6.54 Å². The van der Waals surface area contributed by atoms with Crippen molar-refractivity contribution in [3.8, 4) is 5.75 Å². The summed E-state index contributed by atoms with van der Waals surface area (Å²) in [4.78, 5) is 24.7. The number of hydrogen-bond acceptors (Lipinski definition) is 3. The van der Waals surface area contributed by atoms with Gasteiger partial charge in [0.1, 0.15) is 5.75 Å². The molecule has 118 valence electrons. The van der Waals surface area contributed by atoms with E-state index in [4.69, 9.17) is 4.74 Å². The molecule has 6 heteroatoms. The van der Waals surface area contributed by atoms with Gasteiger partial charge in [-0.15, -0.1) is 0 Å². The molecule has 0 atom stereocenters. The number of nitrogens with one attached hydrogen (secondary N) is 1. The number of unbranched alkanes of at least 4 members (excludes halogenated alkanes) is 3. The lowest BCUT2D eigenvalue weighted by Gasteiger charge is -2.07. The van der Waals surface area contributed by atoms with Crippen molar-refractivity contribution in [1.29, 1.82) is 0 Å². The van der Waals surface area contributed by atoms with Gasteiger partial charge in [0.2, 0.25) is 0 Å². The molecule has 1 N–H and O–H groups in total. The van der Waals surface area contributed by atoms with E-state index in [0.717, 1.165) is 35.9 Å². The summed E-state index contributed by atoms with van der Waals surface area (Å²) in [5.74, 6) is 0.878. The van der Waals surface area contributed by atoms with Crippen LogP contribution in [0, 0.1) is 0 Å². The van der Waals surface area contributed by atoms with E-state index < -0.39 is 0 Å². The van der Waals surface area contributed by atoms with Crippen LogP contribution in [0.25, 0.3) is 0 Å². The third kappa shape index (κ3) is 5.52. The predicted molar refractivity (Wildman–Crippen MR) is 89.4 cm³/mol. The van der Waals surface area contributed by atoms with Crippen molar-refractivity contribution in [2.45, 2.75) is 32.2 Å². The smallest absolute Gasteiger partial charge is 0.328 e. The second kappa shape index (κ2) is 8.58. The summed E-state index contributed by atoms with van der Waals surface area (Å²) in [6, 6.07) is 9.15. The topological polar surface area (TPSA) is 64.1 Å². The van der Waals surface area contributed by atoms with Gasteiger partial charge >= 0.3 is 5.69 Å². The molecule has 2 rings (SSSR count). The van der Waals surface area contributed by atoms with Crippen molar-refractivity contribution >= 4 is 15.9 Å². The molecule has 1 heterocycles. The second-order valence-electron chi connectivity index (χ2n) is 5.02. The van der Waals surface area contributed by atoms with Gasteiger partial charge < -0.3 is 9.30 Å². The third-order valence-corrected chi connectivity index (χ3v) is 3.80. The van der Waals surface area contributed by atoms with E-state index in [-0.39, 0.29) is 11.2 Å². The molecule has 5 nitrogen and oxygen atoms in total. The normalized spacial score (nSPS) is 10.6. The molecule has 0 saturated heterocycles. The molecule has 0 bridgehead atoms. The summed E-state index contributed by atoms with van der Waals surface area (Å²) in [6.07, 6.45) is 5.50. The molecule has 0 amide bonds. The van der Waals surface area contributed by atoms with Gasteiger partial charge in [0.05, 0.1) is 6.61 Å². The summed E-state index contributed by atoms with van der Waals surface area (Å²) < 4.78 is 8.21. The van der Waals surface area contributed by atoms with E-state index in [2.05, 4.69) is 20.9 Å². The van der Waals surface area contributed by atoms with E-state index in [1.165, 1.54) is 16.8 Å². The molecular formula is C16H19BrN2O3. The highest BCUT2D eigenvalue weighted by molar-refractivity contribution is 9.10. The minimum Gasteiger partial charge on any atom is -0.494 e. The quantitative estimate of drug-likeness (QED) is 0.730. The van der Waals surface area contributed by atoms with Crippen LogP contribution in [0.3, 0.4) is 0 Å². The Kier molecular flexibility index (Phi) is 6.45. The summed E-state index contributed by atoms with van der Waals surface area (Å²) in [5, 5.41) is 0. The maximum Gasteiger partial charge on any atom is 0.328 e.